The first-order chi connectivity index (χ1) is 6.36. The molecule has 0 fully saturated rings. The molecule has 13 heavy (non-hydrogen) atoms. The molecule has 4 heteroatoms. The van der Waals surface area contributed by atoms with E-state index in [4.69, 9.17) is 5.26 Å². The van der Waals surface area contributed by atoms with Gasteiger partial charge in [-0.2, -0.15) is 5.26 Å². The summed E-state index contributed by atoms with van der Waals surface area (Å²) < 4.78 is 0. The zero-order valence-corrected chi connectivity index (χ0v) is 7.61. The second-order valence-electron chi connectivity index (χ2n) is 1.89. The van der Waals surface area contributed by atoms with Crippen LogP contribution < -0.4 is 5.43 Å². The molecule has 0 radical (unpaired) electrons. The first-order valence-corrected chi connectivity index (χ1v) is 3.95. The van der Waals surface area contributed by atoms with E-state index >= 15 is 0 Å². The van der Waals surface area contributed by atoms with Crippen molar-refractivity contribution in [2.75, 3.05) is 5.43 Å². The minimum atomic E-state index is 0.557. The van der Waals surface area contributed by atoms with Crippen LogP contribution in [0.25, 0.3) is 0 Å². The van der Waals surface area contributed by atoms with Gasteiger partial charge in [0.05, 0.1) is 22.6 Å². The fourth-order valence-electron chi connectivity index (χ4n) is 0.672. The molecule has 0 heterocycles. The number of anilines is 1. The van der Waals surface area contributed by atoms with E-state index in [1.54, 1.807) is 24.3 Å². The summed E-state index contributed by atoms with van der Waals surface area (Å²) in [6.07, 6.45) is 0. The average molecular weight is 177 g/mol. The summed E-state index contributed by atoms with van der Waals surface area (Å²) in [6.45, 7) is 4.00. The molecule has 1 rings (SSSR count). The van der Waals surface area contributed by atoms with Crippen molar-refractivity contribution < 1.29 is 0 Å². The van der Waals surface area contributed by atoms with Crippen LogP contribution in [0.3, 0.4) is 0 Å². The van der Waals surface area contributed by atoms with Crippen molar-refractivity contribution in [2.24, 2.45) is 5.29 Å². The van der Waals surface area contributed by atoms with Crippen molar-refractivity contribution in [1.82, 2.24) is 0 Å². The minimum Gasteiger partial charge on any atom is -0.242 e. The van der Waals surface area contributed by atoms with Crippen molar-refractivity contribution in [3.63, 3.8) is 0 Å². The van der Waals surface area contributed by atoms with Gasteiger partial charge in [0.1, 0.15) is 0 Å². The van der Waals surface area contributed by atoms with Crippen LogP contribution in [-0.2, 0) is 0 Å². The molecule has 0 aliphatic rings. The smallest absolute Gasteiger partial charge is 0.0991 e. The van der Waals surface area contributed by atoms with Gasteiger partial charge in [0, 0.05) is 0 Å². The molecule has 68 valence electrons. The van der Waals surface area contributed by atoms with Gasteiger partial charge in [-0.1, -0.05) is 13.8 Å². The summed E-state index contributed by atoms with van der Waals surface area (Å²) in [4.78, 5) is 9.70. The molecule has 0 aromatic heterocycles. The maximum Gasteiger partial charge on any atom is 0.0991 e. The SMILES string of the molecule is CC.N#Cc1ccc(NN=O)cc1. The predicted octanol–water partition coefficient (Wildman–Crippen LogP) is 2.68. The van der Waals surface area contributed by atoms with Gasteiger partial charge >= 0.3 is 0 Å². The van der Waals surface area contributed by atoms with Crippen LogP contribution in [0.2, 0.25) is 0 Å². The normalized spacial score (nSPS) is 7.46. The van der Waals surface area contributed by atoms with E-state index in [0.717, 1.165) is 0 Å². The lowest BCUT2D eigenvalue weighted by Crippen LogP contribution is -1.84. The highest BCUT2D eigenvalue weighted by atomic mass is 16.3. The summed E-state index contributed by atoms with van der Waals surface area (Å²) in [7, 11) is 0. The molecule has 0 spiro atoms. The largest absolute Gasteiger partial charge is 0.242 e. The first-order valence-electron chi connectivity index (χ1n) is 3.95. The van der Waals surface area contributed by atoms with Crippen LogP contribution in [-0.4, -0.2) is 0 Å². The van der Waals surface area contributed by atoms with E-state index in [9.17, 15) is 4.91 Å². The molecule has 1 aromatic rings. The molecule has 0 unspecified atom stereocenters. The van der Waals surface area contributed by atoms with E-state index in [-0.39, 0.29) is 0 Å². The number of hydrogen-bond donors (Lipinski definition) is 1. The lowest BCUT2D eigenvalue weighted by atomic mass is 10.2. The Hall–Kier alpha value is -1.89. The van der Waals surface area contributed by atoms with Crippen molar-refractivity contribution >= 4 is 5.69 Å². The Morgan fingerprint density at radius 2 is 1.85 bits per heavy atom. The number of nitrogens with one attached hydrogen (secondary N) is 1. The summed E-state index contributed by atoms with van der Waals surface area (Å²) in [5.74, 6) is 0. The molecule has 0 aliphatic carbocycles. The number of nitriles is 1. The van der Waals surface area contributed by atoms with Gasteiger partial charge in [-0.05, 0) is 24.3 Å². The molecule has 0 saturated carbocycles. The summed E-state index contributed by atoms with van der Waals surface area (Å²) in [5.41, 5.74) is 3.36. The first kappa shape index (κ1) is 11.1. The van der Waals surface area contributed by atoms with E-state index in [1.165, 1.54) is 0 Å². The van der Waals surface area contributed by atoms with Crippen LogP contribution in [0, 0.1) is 16.2 Å². The number of rotatable bonds is 2. The van der Waals surface area contributed by atoms with Crippen molar-refractivity contribution in [3.8, 4) is 6.07 Å². The van der Waals surface area contributed by atoms with Crippen LogP contribution in [0.5, 0.6) is 0 Å². The van der Waals surface area contributed by atoms with Gasteiger partial charge in [0.2, 0.25) is 0 Å². The van der Waals surface area contributed by atoms with Crippen molar-refractivity contribution in [1.29, 1.82) is 5.26 Å². The summed E-state index contributed by atoms with van der Waals surface area (Å²) in [5, 5.41) is 10.9. The van der Waals surface area contributed by atoms with Crippen LogP contribution in [0.4, 0.5) is 5.69 Å². The molecule has 0 bridgehead atoms. The second kappa shape index (κ2) is 6.80. The van der Waals surface area contributed by atoms with Gasteiger partial charge in [0.25, 0.3) is 0 Å². The van der Waals surface area contributed by atoms with E-state index < -0.39 is 0 Å². The summed E-state index contributed by atoms with van der Waals surface area (Å²) >= 11 is 0. The third kappa shape index (κ3) is 3.87. The molecule has 4 nitrogen and oxygen atoms in total. The Morgan fingerprint density at radius 3 is 2.23 bits per heavy atom. The average Bonchev–Trinajstić information content (AvgIpc) is 2.23. The topological polar surface area (TPSA) is 65.2 Å². The number of hydrogen-bond acceptors (Lipinski definition) is 3. The van der Waals surface area contributed by atoms with Gasteiger partial charge in [-0.15, -0.1) is 4.91 Å². The molecular weight excluding hydrogens is 166 g/mol. The third-order valence-corrected chi connectivity index (χ3v) is 1.19. The molecule has 1 aromatic carbocycles. The van der Waals surface area contributed by atoms with Crippen molar-refractivity contribution in [3.05, 3.63) is 34.7 Å². The molecular formula is C9H11N3O. The molecule has 0 atom stereocenters. The van der Waals surface area contributed by atoms with Gasteiger partial charge in [-0.25, -0.2) is 5.43 Å². The lowest BCUT2D eigenvalue weighted by Gasteiger charge is -1.94. The minimum absolute atomic E-state index is 0.557. The lowest BCUT2D eigenvalue weighted by molar-refractivity contribution is 1.31. The summed E-state index contributed by atoms with van der Waals surface area (Å²) in [6, 6.07) is 8.39. The van der Waals surface area contributed by atoms with E-state index in [2.05, 4.69) is 10.7 Å². The molecule has 0 aliphatic heterocycles. The van der Waals surface area contributed by atoms with E-state index in [1.807, 2.05) is 19.9 Å². The zero-order chi connectivity index (χ0) is 10.1. The fourth-order valence-corrected chi connectivity index (χ4v) is 0.672. The second-order valence-corrected chi connectivity index (χ2v) is 1.89. The monoisotopic (exact) mass is 177 g/mol. The number of nitrogens with zero attached hydrogens (tertiary/aromatic N) is 2. The Balaban J connectivity index is 0.000000671. The quantitative estimate of drug-likeness (QED) is 0.557. The van der Waals surface area contributed by atoms with Gasteiger partial charge in [0.15, 0.2) is 0 Å². The predicted molar refractivity (Wildman–Crippen MR) is 51.9 cm³/mol. The zero-order valence-electron chi connectivity index (χ0n) is 7.61. The van der Waals surface area contributed by atoms with Crippen LogP contribution in [0.1, 0.15) is 19.4 Å². The van der Waals surface area contributed by atoms with E-state index in [0.29, 0.717) is 11.3 Å². The van der Waals surface area contributed by atoms with Crippen molar-refractivity contribution in [2.45, 2.75) is 13.8 Å². The highest BCUT2D eigenvalue weighted by Crippen LogP contribution is 2.07. The fraction of sp³-hybridized carbons (Fsp3) is 0.222. The maximum absolute atomic E-state index is 9.70. The maximum atomic E-state index is 9.70. The standard InChI is InChI=1S/C7H5N3O.C2H6/c8-5-6-1-3-7(4-2-6)9-10-11;1-2/h1-4H,(H,9,11);1-2H3. The number of benzene rings is 1. The molecule has 1 N–H and O–H groups in total. The Morgan fingerprint density at radius 1 is 1.31 bits per heavy atom. The van der Waals surface area contributed by atoms with Crippen LogP contribution in [0.15, 0.2) is 29.6 Å². The molecule has 0 amide bonds. The highest BCUT2D eigenvalue weighted by Gasteiger charge is 1.90. The number of nitroso groups, excluding NO2 is 1. The van der Waals surface area contributed by atoms with Gasteiger partial charge < -0.3 is 0 Å². The van der Waals surface area contributed by atoms with Gasteiger partial charge in [-0.3, -0.25) is 0 Å². The van der Waals surface area contributed by atoms with Crippen LogP contribution >= 0.6 is 0 Å². The Kier molecular flexibility index (Phi) is 5.81. The third-order valence-electron chi connectivity index (χ3n) is 1.19. The Bertz CT molecular complexity index is 287. The molecule has 0 saturated heterocycles. The highest BCUT2D eigenvalue weighted by molar-refractivity contribution is 5.46. The Labute approximate surface area is 77.1 Å².